The van der Waals surface area contributed by atoms with Crippen molar-refractivity contribution in [2.75, 3.05) is 0 Å². The van der Waals surface area contributed by atoms with Gasteiger partial charge in [0.1, 0.15) is 0 Å². The number of hydrogen-bond donors (Lipinski definition) is 4. The standard InChI is InChI=1S/C12H26O2.2C7H6O2/c1-4-7-10(11(13)8-5-2)12(14)9-6-3;2*8-7(9)6-4-2-1-3-5-6/h10-14H,4-9H2,1-3H3;2*1-5H,(H,8,9). The maximum atomic E-state index is 10.2. The molecule has 178 valence electrons. The predicted molar refractivity (Wildman–Crippen MR) is 127 cm³/mol. The van der Waals surface area contributed by atoms with Crippen molar-refractivity contribution in [2.45, 2.75) is 71.5 Å². The average Bonchev–Trinajstić information content (AvgIpc) is 2.79. The van der Waals surface area contributed by atoms with Gasteiger partial charge in [-0.25, -0.2) is 9.59 Å². The van der Waals surface area contributed by atoms with E-state index in [9.17, 15) is 19.8 Å². The Morgan fingerprint density at radius 1 is 0.625 bits per heavy atom. The lowest BCUT2D eigenvalue weighted by Gasteiger charge is -2.27. The van der Waals surface area contributed by atoms with Crippen molar-refractivity contribution in [3.8, 4) is 0 Å². The molecule has 0 aliphatic heterocycles. The Hall–Kier alpha value is -2.70. The summed E-state index contributed by atoms with van der Waals surface area (Å²) in [6.45, 7) is 6.24. The first-order valence-electron chi connectivity index (χ1n) is 11.2. The Bertz CT molecular complexity index is 671. The van der Waals surface area contributed by atoms with Gasteiger partial charge in [0.25, 0.3) is 0 Å². The van der Waals surface area contributed by atoms with E-state index in [1.54, 1.807) is 60.7 Å². The summed E-state index contributed by atoms with van der Waals surface area (Å²) in [7, 11) is 0. The van der Waals surface area contributed by atoms with Crippen molar-refractivity contribution in [2.24, 2.45) is 5.92 Å². The number of carboxylic acid groups (broad SMARTS) is 2. The van der Waals surface area contributed by atoms with E-state index >= 15 is 0 Å². The van der Waals surface area contributed by atoms with Crippen LogP contribution in [0.3, 0.4) is 0 Å². The first-order chi connectivity index (χ1) is 15.3. The molecule has 6 heteroatoms. The zero-order valence-electron chi connectivity index (χ0n) is 19.4. The highest BCUT2D eigenvalue weighted by Crippen LogP contribution is 2.22. The fourth-order valence-corrected chi connectivity index (χ4v) is 3.16. The molecule has 0 radical (unpaired) electrons. The molecule has 4 N–H and O–H groups in total. The number of benzene rings is 2. The third-order valence-corrected chi connectivity index (χ3v) is 4.82. The molecule has 2 aromatic rings. The van der Waals surface area contributed by atoms with E-state index in [4.69, 9.17) is 10.2 Å². The lowest BCUT2D eigenvalue weighted by molar-refractivity contribution is -0.000753. The van der Waals surface area contributed by atoms with Crippen LogP contribution in [0.2, 0.25) is 0 Å². The second-order valence-electron chi connectivity index (χ2n) is 7.51. The Labute approximate surface area is 191 Å². The van der Waals surface area contributed by atoms with E-state index in [1.165, 1.54) is 0 Å². The Kier molecular flexibility index (Phi) is 16.4. The normalized spacial score (nSPS) is 12.8. The summed E-state index contributed by atoms with van der Waals surface area (Å²) in [6.07, 6.45) is 4.93. The smallest absolute Gasteiger partial charge is 0.335 e. The maximum Gasteiger partial charge on any atom is 0.335 e. The largest absolute Gasteiger partial charge is 0.478 e. The van der Waals surface area contributed by atoms with Crippen molar-refractivity contribution in [3.63, 3.8) is 0 Å². The highest BCUT2D eigenvalue weighted by atomic mass is 16.4. The molecule has 2 unspecified atom stereocenters. The number of aliphatic hydroxyl groups excluding tert-OH is 2. The lowest BCUT2D eigenvalue weighted by atomic mass is 9.87. The van der Waals surface area contributed by atoms with Gasteiger partial charge in [-0.2, -0.15) is 0 Å². The van der Waals surface area contributed by atoms with Gasteiger partial charge in [0.05, 0.1) is 23.3 Å². The molecule has 0 bridgehead atoms. The van der Waals surface area contributed by atoms with E-state index in [0.29, 0.717) is 11.1 Å². The van der Waals surface area contributed by atoms with E-state index in [-0.39, 0.29) is 18.1 Å². The van der Waals surface area contributed by atoms with Crippen LogP contribution in [0.1, 0.15) is 80.0 Å². The minimum atomic E-state index is -0.879. The molecule has 0 fully saturated rings. The van der Waals surface area contributed by atoms with Gasteiger partial charge in [0.15, 0.2) is 0 Å². The highest BCUT2D eigenvalue weighted by molar-refractivity contribution is 5.87. The summed E-state index contributed by atoms with van der Waals surface area (Å²) in [4.78, 5) is 20.4. The van der Waals surface area contributed by atoms with E-state index in [2.05, 4.69) is 20.8 Å². The topological polar surface area (TPSA) is 115 Å². The fourth-order valence-electron chi connectivity index (χ4n) is 3.16. The van der Waals surface area contributed by atoms with Crippen molar-refractivity contribution in [3.05, 3.63) is 71.8 Å². The zero-order chi connectivity index (χ0) is 24.4. The SMILES string of the molecule is CCCC(O)C(CCC)C(O)CCC.O=C(O)c1ccccc1.O=C(O)c1ccccc1. The second-order valence-corrected chi connectivity index (χ2v) is 7.51. The molecule has 0 amide bonds. The molecule has 0 heterocycles. The fraction of sp³-hybridized carbons (Fsp3) is 0.462. The van der Waals surface area contributed by atoms with Crippen molar-refractivity contribution in [1.29, 1.82) is 0 Å². The van der Waals surface area contributed by atoms with Gasteiger partial charge in [0.2, 0.25) is 0 Å². The van der Waals surface area contributed by atoms with E-state index in [1.807, 2.05) is 0 Å². The molecule has 2 rings (SSSR count). The van der Waals surface area contributed by atoms with Crippen LogP contribution < -0.4 is 0 Å². The molecule has 0 spiro atoms. The van der Waals surface area contributed by atoms with Gasteiger partial charge in [-0.15, -0.1) is 0 Å². The molecule has 0 saturated carbocycles. The first kappa shape index (κ1) is 29.3. The summed E-state index contributed by atoms with van der Waals surface area (Å²) < 4.78 is 0. The summed E-state index contributed by atoms with van der Waals surface area (Å²) in [6, 6.07) is 16.6. The first-order valence-corrected chi connectivity index (χ1v) is 11.2. The second kappa shape index (κ2) is 17.9. The molecule has 32 heavy (non-hydrogen) atoms. The van der Waals surface area contributed by atoms with Crippen LogP contribution in [0.25, 0.3) is 0 Å². The number of hydrogen-bond acceptors (Lipinski definition) is 4. The van der Waals surface area contributed by atoms with Crippen molar-refractivity contribution < 1.29 is 30.0 Å². The van der Waals surface area contributed by atoms with E-state index < -0.39 is 11.9 Å². The van der Waals surface area contributed by atoms with Crippen LogP contribution in [-0.2, 0) is 0 Å². The summed E-state index contributed by atoms with van der Waals surface area (Å²) in [5, 5.41) is 36.5. The average molecular weight is 447 g/mol. The third-order valence-electron chi connectivity index (χ3n) is 4.82. The van der Waals surface area contributed by atoms with Gasteiger partial charge in [0, 0.05) is 5.92 Å². The Balaban J connectivity index is 0.000000466. The summed E-state index contributed by atoms with van der Waals surface area (Å²) in [5.74, 6) is -1.67. The minimum Gasteiger partial charge on any atom is -0.478 e. The number of carboxylic acids is 2. The molecule has 0 aromatic heterocycles. The van der Waals surface area contributed by atoms with E-state index in [0.717, 1.165) is 38.5 Å². The summed E-state index contributed by atoms with van der Waals surface area (Å²) >= 11 is 0. The van der Waals surface area contributed by atoms with Crippen LogP contribution >= 0.6 is 0 Å². The maximum absolute atomic E-state index is 10.2. The zero-order valence-corrected chi connectivity index (χ0v) is 19.4. The number of aromatic carboxylic acids is 2. The molecule has 0 aliphatic carbocycles. The Morgan fingerprint density at radius 2 is 0.938 bits per heavy atom. The van der Waals surface area contributed by atoms with Crippen LogP contribution in [0, 0.1) is 5.92 Å². The van der Waals surface area contributed by atoms with Crippen LogP contribution in [0.4, 0.5) is 0 Å². The summed E-state index contributed by atoms with van der Waals surface area (Å²) in [5.41, 5.74) is 0.662. The number of carbonyl (C=O) groups is 2. The minimum absolute atomic E-state index is 0.0832. The molecular formula is C26H38O6. The quantitative estimate of drug-likeness (QED) is 0.383. The van der Waals surface area contributed by atoms with Gasteiger partial charge < -0.3 is 20.4 Å². The molecule has 2 aromatic carbocycles. The molecule has 0 saturated heterocycles. The van der Waals surface area contributed by atoms with Gasteiger partial charge in [-0.3, -0.25) is 0 Å². The van der Waals surface area contributed by atoms with Crippen molar-refractivity contribution in [1.82, 2.24) is 0 Å². The number of aliphatic hydroxyl groups is 2. The van der Waals surface area contributed by atoms with Gasteiger partial charge in [-0.1, -0.05) is 76.4 Å². The van der Waals surface area contributed by atoms with Crippen LogP contribution in [0.15, 0.2) is 60.7 Å². The molecule has 0 aliphatic rings. The molecule has 2 atom stereocenters. The number of rotatable bonds is 10. The van der Waals surface area contributed by atoms with Gasteiger partial charge >= 0.3 is 11.9 Å². The molecule has 6 nitrogen and oxygen atoms in total. The lowest BCUT2D eigenvalue weighted by Crippen LogP contribution is -2.31. The monoisotopic (exact) mass is 446 g/mol. The third kappa shape index (κ3) is 12.9. The van der Waals surface area contributed by atoms with Gasteiger partial charge in [-0.05, 0) is 43.5 Å². The molecular weight excluding hydrogens is 408 g/mol. The van der Waals surface area contributed by atoms with Crippen LogP contribution in [0.5, 0.6) is 0 Å². The Morgan fingerprint density at radius 3 is 1.16 bits per heavy atom. The van der Waals surface area contributed by atoms with Crippen molar-refractivity contribution >= 4 is 11.9 Å². The predicted octanol–water partition coefficient (Wildman–Crippen LogP) is 5.49. The van der Waals surface area contributed by atoms with Crippen LogP contribution in [-0.4, -0.2) is 44.6 Å². The highest BCUT2D eigenvalue weighted by Gasteiger charge is 2.24.